The van der Waals surface area contributed by atoms with Crippen LogP contribution in [0.25, 0.3) is 5.69 Å². The number of hydrogen-bond donors (Lipinski definition) is 0. The molecule has 0 saturated carbocycles. The Morgan fingerprint density at radius 1 is 1.11 bits per heavy atom. The van der Waals surface area contributed by atoms with E-state index in [9.17, 15) is 9.59 Å². The maximum atomic E-state index is 12.1. The van der Waals surface area contributed by atoms with Crippen molar-refractivity contribution in [3.05, 3.63) is 72.6 Å². The summed E-state index contributed by atoms with van der Waals surface area (Å²) in [6, 6.07) is 16.8. The Morgan fingerprint density at radius 2 is 1.93 bits per heavy atom. The Balaban J connectivity index is 1.30. The minimum Gasteiger partial charge on any atom is -0.482 e. The first kappa shape index (κ1) is 17.8. The number of fused-ring (bicyclic) bond motifs is 1. The van der Waals surface area contributed by atoms with Crippen molar-refractivity contribution in [3.8, 4) is 11.4 Å². The molecule has 28 heavy (non-hydrogen) atoms. The predicted octanol–water partition coefficient (Wildman–Crippen LogP) is 2.73. The number of esters is 1. The van der Waals surface area contributed by atoms with E-state index in [0.29, 0.717) is 11.4 Å². The van der Waals surface area contributed by atoms with Crippen LogP contribution in [0.3, 0.4) is 0 Å². The fraction of sp³-hybridized carbons (Fsp3) is 0.190. The van der Waals surface area contributed by atoms with Gasteiger partial charge >= 0.3 is 5.97 Å². The zero-order chi connectivity index (χ0) is 19.3. The number of aromatic nitrogens is 2. The summed E-state index contributed by atoms with van der Waals surface area (Å²) in [5, 5.41) is 4.17. The third kappa shape index (κ3) is 3.88. The molecule has 0 fully saturated rings. The molecule has 0 radical (unpaired) electrons. The molecule has 2 heterocycles. The summed E-state index contributed by atoms with van der Waals surface area (Å²) in [4.78, 5) is 25.8. The summed E-state index contributed by atoms with van der Waals surface area (Å²) in [7, 11) is 0. The first-order valence-corrected chi connectivity index (χ1v) is 8.97. The molecule has 4 rings (SSSR count). The summed E-state index contributed by atoms with van der Waals surface area (Å²) in [6.45, 7) is 0.427. The minimum atomic E-state index is -0.354. The number of para-hydroxylation sites is 2. The van der Waals surface area contributed by atoms with Gasteiger partial charge in [0.2, 0.25) is 0 Å². The fourth-order valence-corrected chi connectivity index (χ4v) is 3.00. The van der Waals surface area contributed by atoms with Gasteiger partial charge in [-0.2, -0.15) is 5.10 Å². The normalized spacial score (nSPS) is 13.0. The van der Waals surface area contributed by atoms with Gasteiger partial charge in [-0.15, -0.1) is 0 Å². The summed E-state index contributed by atoms with van der Waals surface area (Å²) in [6.07, 6.45) is 3.69. The highest BCUT2D eigenvalue weighted by atomic mass is 16.5. The van der Waals surface area contributed by atoms with Gasteiger partial charge in [-0.1, -0.05) is 24.3 Å². The lowest BCUT2D eigenvalue weighted by atomic mass is 10.2. The quantitative estimate of drug-likeness (QED) is 0.618. The number of nitrogens with zero attached hydrogens (tertiary/aromatic N) is 3. The molecular weight excluding hydrogens is 358 g/mol. The summed E-state index contributed by atoms with van der Waals surface area (Å²) < 4.78 is 12.5. The van der Waals surface area contributed by atoms with Crippen molar-refractivity contribution in [3.63, 3.8) is 0 Å². The molecule has 0 aliphatic carbocycles. The highest BCUT2D eigenvalue weighted by molar-refractivity contribution is 5.98. The molecule has 1 amide bonds. The number of ether oxygens (including phenoxy) is 2. The molecule has 0 atom stereocenters. The van der Waals surface area contributed by atoms with Crippen LogP contribution in [0.15, 0.2) is 67.0 Å². The number of rotatable bonds is 6. The van der Waals surface area contributed by atoms with Crippen LogP contribution >= 0.6 is 0 Å². The van der Waals surface area contributed by atoms with Crippen molar-refractivity contribution in [2.45, 2.75) is 13.0 Å². The number of hydrogen-bond acceptors (Lipinski definition) is 5. The Kier molecular flexibility index (Phi) is 5.05. The van der Waals surface area contributed by atoms with E-state index in [-0.39, 0.29) is 38.1 Å². The van der Waals surface area contributed by atoms with Gasteiger partial charge in [0.25, 0.3) is 5.91 Å². The van der Waals surface area contributed by atoms with Crippen LogP contribution in [0.2, 0.25) is 0 Å². The molecule has 1 aliphatic rings. The molecule has 1 aromatic heterocycles. The van der Waals surface area contributed by atoms with Crippen LogP contribution in [-0.4, -0.2) is 34.8 Å². The molecule has 3 aromatic rings. The first-order chi connectivity index (χ1) is 13.7. The number of benzene rings is 2. The van der Waals surface area contributed by atoms with Crippen molar-refractivity contribution in [2.24, 2.45) is 0 Å². The molecule has 7 nitrogen and oxygen atoms in total. The molecule has 142 valence electrons. The maximum absolute atomic E-state index is 12.1. The molecule has 2 aromatic carbocycles. The topological polar surface area (TPSA) is 73.7 Å². The van der Waals surface area contributed by atoms with Crippen molar-refractivity contribution in [1.29, 1.82) is 0 Å². The zero-order valence-electron chi connectivity index (χ0n) is 15.2. The van der Waals surface area contributed by atoms with Crippen LogP contribution in [0, 0.1) is 0 Å². The van der Waals surface area contributed by atoms with Gasteiger partial charge in [0.05, 0.1) is 17.8 Å². The molecule has 0 N–H and O–H groups in total. The third-order valence-electron chi connectivity index (χ3n) is 4.45. The van der Waals surface area contributed by atoms with Gasteiger partial charge in [-0.3, -0.25) is 9.59 Å². The van der Waals surface area contributed by atoms with Crippen molar-refractivity contribution >= 4 is 17.6 Å². The molecule has 0 unspecified atom stereocenters. The number of carbonyl (C=O) groups excluding carboxylic acids is 2. The first-order valence-electron chi connectivity index (χ1n) is 8.97. The van der Waals surface area contributed by atoms with Crippen molar-refractivity contribution < 1.29 is 19.1 Å². The Hall–Kier alpha value is -3.61. The van der Waals surface area contributed by atoms with Crippen LogP contribution < -0.4 is 9.64 Å². The van der Waals surface area contributed by atoms with E-state index in [1.54, 1.807) is 27.9 Å². The Bertz CT molecular complexity index is 968. The van der Waals surface area contributed by atoms with Gasteiger partial charge in [-0.05, 0) is 35.9 Å². The average Bonchev–Trinajstić information content (AvgIpc) is 3.27. The van der Waals surface area contributed by atoms with E-state index in [0.717, 1.165) is 11.3 Å². The van der Waals surface area contributed by atoms with Crippen LogP contribution in [0.5, 0.6) is 5.75 Å². The highest BCUT2D eigenvalue weighted by Gasteiger charge is 2.25. The van der Waals surface area contributed by atoms with Crippen molar-refractivity contribution in [1.82, 2.24) is 9.78 Å². The largest absolute Gasteiger partial charge is 0.482 e. The standard InChI is InChI=1S/C21H19N3O4/c25-20-15-27-19-5-2-1-4-18(19)23(20)13-10-21(26)28-14-16-6-8-17(9-7-16)24-12-3-11-22-24/h1-9,11-12H,10,13-15H2. The Morgan fingerprint density at radius 3 is 2.71 bits per heavy atom. The van der Waals surface area contributed by atoms with E-state index in [2.05, 4.69) is 5.10 Å². The van der Waals surface area contributed by atoms with Gasteiger partial charge in [0.1, 0.15) is 12.4 Å². The summed E-state index contributed by atoms with van der Waals surface area (Å²) in [5.74, 6) is 0.126. The Labute approximate surface area is 162 Å². The van der Waals surface area contributed by atoms with Gasteiger partial charge < -0.3 is 14.4 Å². The number of carbonyl (C=O) groups is 2. The second-order valence-corrected chi connectivity index (χ2v) is 6.33. The lowest BCUT2D eigenvalue weighted by molar-refractivity contribution is -0.144. The predicted molar refractivity (Wildman–Crippen MR) is 102 cm³/mol. The van der Waals surface area contributed by atoms with Gasteiger partial charge in [0.15, 0.2) is 6.61 Å². The molecule has 0 spiro atoms. The smallest absolute Gasteiger partial charge is 0.307 e. The van der Waals surface area contributed by atoms with Gasteiger partial charge in [-0.25, -0.2) is 4.68 Å². The highest BCUT2D eigenvalue weighted by Crippen LogP contribution is 2.31. The van der Waals surface area contributed by atoms with E-state index in [4.69, 9.17) is 9.47 Å². The van der Waals surface area contributed by atoms with Gasteiger partial charge in [0, 0.05) is 18.9 Å². The second-order valence-electron chi connectivity index (χ2n) is 6.33. The SMILES string of the molecule is O=C(CCN1C(=O)COc2ccccc21)OCc1ccc(-n2cccn2)cc1. The molecule has 1 aliphatic heterocycles. The van der Waals surface area contributed by atoms with Crippen molar-refractivity contribution in [2.75, 3.05) is 18.1 Å². The fourth-order valence-electron chi connectivity index (χ4n) is 3.00. The number of amides is 1. The van der Waals surface area contributed by atoms with E-state index in [1.807, 2.05) is 48.7 Å². The molecule has 0 bridgehead atoms. The second kappa shape index (κ2) is 7.96. The van der Waals surface area contributed by atoms with E-state index >= 15 is 0 Å². The third-order valence-corrected chi connectivity index (χ3v) is 4.45. The molecule has 0 saturated heterocycles. The molecule has 7 heteroatoms. The lowest BCUT2D eigenvalue weighted by Gasteiger charge is -2.28. The average molecular weight is 377 g/mol. The summed E-state index contributed by atoms with van der Waals surface area (Å²) >= 11 is 0. The van der Waals surface area contributed by atoms with E-state index < -0.39 is 0 Å². The maximum Gasteiger partial charge on any atom is 0.307 e. The summed E-state index contributed by atoms with van der Waals surface area (Å²) in [5.41, 5.74) is 2.50. The zero-order valence-corrected chi connectivity index (χ0v) is 15.2. The van der Waals surface area contributed by atoms with Crippen LogP contribution in [-0.2, 0) is 20.9 Å². The number of anilines is 1. The van der Waals surface area contributed by atoms with Crippen LogP contribution in [0.1, 0.15) is 12.0 Å². The van der Waals surface area contributed by atoms with E-state index in [1.165, 1.54) is 0 Å². The monoisotopic (exact) mass is 377 g/mol. The molecular formula is C21H19N3O4. The lowest BCUT2D eigenvalue weighted by Crippen LogP contribution is -2.40. The minimum absolute atomic E-state index is 0.0192. The van der Waals surface area contributed by atoms with Crippen LogP contribution in [0.4, 0.5) is 5.69 Å².